The third-order valence-electron chi connectivity index (χ3n) is 2.53. The van der Waals surface area contributed by atoms with E-state index in [0.29, 0.717) is 23.6 Å². The molecule has 4 nitrogen and oxygen atoms in total. The number of amides is 1. The molecule has 0 radical (unpaired) electrons. The molecule has 4 N–H and O–H groups in total. The van der Waals surface area contributed by atoms with Gasteiger partial charge in [-0.25, -0.2) is 0 Å². The van der Waals surface area contributed by atoms with Gasteiger partial charge in [0.15, 0.2) is 0 Å². The van der Waals surface area contributed by atoms with E-state index in [2.05, 4.69) is 0 Å². The van der Waals surface area contributed by atoms with Gasteiger partial charge in [0, 0.05) is 5.56 Å². The van der Waals surface area contributed by atoms with Crippen LogP contribution >= 0.6 is 0 Å². The minimum absolute atomic E-state index is 0.375. The summed E-state index contributed by atoms with van der Waals surface area (Å²) < 4.78 is 5.58. The summed E-state index contributed by atoms with van der Waals surface area (Å²) in [6.45, 7) is 0.432. The van der Waals surface area contributed by atoms with Crippen molar-refractivity contribution in [2.45, 2.75) is 6.61 Å². The second kappa shape index (κ2) is 5.23. The average molecular weight is 242 g/mol. The van der Waals surface area contributed by atoms with Gasteiger partial charge in [-0.05, 0) is 23.8 Å². The van der Waals surface area contributed by atoms with E-state index in [4.69, 9.17) is 16.2 Å². The predicted octanol–water partition coefficient (Wildman–Crippen LogP) is 1.95. The molecule has 0 aromatic heterocycles. The summed E-state index contributed by atoms with van der Waals surface area (Å²) in [5.74, 6) is 0.0418. The van der Waals surface area contributed by atoms with Crippen LogP contribution < -0.4 is 16.2 Å². The molecule has 2 rings (SSSR count). The van der Waals surface area contributed by atoms with Crippen LogP contribution in [0.15, 0.2) is 48.5 Å². The third kappa shape index (κ3) is 2.79. The standard InChI is InChI=1S/C14H14N2O2/c15-12-8-11(14(16)17)6-7-13(12)18-9-10-4-2-1-3-5-10/h1-8H,9,15H2,(H2,16,17). The van der Waals surface area contributed by atoms with E-state index in [9.17, 15) is 4.79 Å². The Morgan fingerprint density at radius 1 is 1.11 bits per heavy atom. The van der Waals surface area contributed by atoms with Crippen molar-refractivity contribution in [2.24, 2.45) is 5.73 Å². The molecule has 0 aliphatic heterocycles. The Labute approximate surface area is 105 Å². The van der Waals surface area contributed by atoms with Gasteiger partial charge in [-0.3, -0.25) is 4.79 Å². The van der Waals surface area contributed by atoms with Crippen LogP contribution in [0.25, 0.3) is 0 Å². The number of nitrogen functional groups attached to an aromatic ring is 1. The number of carbonyl (C=O) groups is 1. The second-order valence-corrected chi connectivity index (χ2v) is 3.89. The zero-order valence-corrected chi connectivity index (χ0v) is 9.80. The Morgan fingerprint density at radius 2 is 1.83 bits per heavy atom. The van der Waals surface area contributed by atoms with Crippen LogP contribution in [0.4, 0.5) is 5.69 Å². The van der Waals surface area contributed by atoms with Crippen molar-refractivity contribution >= 4 is 11.6 Å². The highest BCUT2D eigenvalue weighted by atomic mass is 16.5. The molecular weight excluding hydrogens is 228 g/mol. The lowest BCUT2D eigenvalue weighted by atomic mass is 10.2. The van der Waals surface area contributed by atoms with Crippen LogP contribution in [0.2, 0.25) is 0 Å². The number of ether oxygens (including phenoxy) is 1. The molecule has 0 saturated heterocycles. The van der Waals surface area contributed by atoms with Gasteiger partial charge < -0.3 is 16.2 Å². The van der Waals surface area contributed by atoms with Gasteiger partial charge in [-0.1, -0.05) is 30.3 Å². The number of hydrogen-bond acceptors (Lipinski definition) is 3. The van der Waals surface area contributed by atoms with Gasteiger partial charge in [0.25, 0.3) is 0 Å². The first-order chi connectivity index (χ1) is 8.66. The molecular formula is C14H14N2O2. The zero-order valence-electron chi connectivity index (χ0n) is 9.80. The van der Waals surface area contributed by atoms with Crippen molar-refractivity contribution in [1.82, 2.24) is 0 Å². The first-order valence-corrected chi connectivity index (χ1v) is 5.53. The number of nitrogens with two attached hydrogens (primary N) is 2. The van der Waals surface area contributed by atoms with E-state index in [0.717, 1.165) is 5.56 Å². The van der Waals surface area contributed by atoms with Crippen molar-refractivity contribution in [1.29, 1.82) is 0 Å². The summed E-state index contributed by atoms with van der Waals surface area (Å²) in [6, 6.07) is 14.5. The molecule has 0 heterocycles. The fourth-order valence-corrected chi connectivity index (χ4v) is 1.57. The van der Waals surface area contributed by atoms with Crippen LogP contribution in [-0.2, 0) is 6.61 Å². The van der Waals surface area contributed by atoms with E-state index in [1.807, 2.05) is 30.3 Å². The summed E-state index contributed by atoms with van der Waals surface area (Å²) in [4.78, 5) is 11.0. The molecule has 4 heteroatoms. The van der Waals surface area contributed by atoms with Crippen molar-refractivity contribution in [2.75, 3.05) is 5.73 Å². The SMILES string of the molecule is NC(=O)c1ccc(OCc2ccccc2)c(N)c1. The predicted molar refractivity (Wildman–Crippen MR) is 70.1 cm³/mol. The Bertz CT molecular complexity index is 553. The van der Waals surface area contributed by atoms with E-state index >= 15 is 0 Å². The number of anilines is 1. The molecule has 92 valence electrons. The molecule has 0 fully saturated rings. The number of primary amides is 1. The Balaban J connectivity index is 2.08. The van der Waals surface area contributed by atoms with Crippen molar-refractivity contribution < 1.29 is 9.53 Å². The molecule has 0 unspecified atom stereocenters. The fourth-order valence-electron chi connectivity index (χ4n) is 1.57. The van der Waals surface area contributed by atoms with Crippen LogP contribution in [0.1, 0.15) is 15.9 Å². The van der Waals surface area contributed by atoms with Crippen LogP contribution in [-0.4, -0.2) is 5.91 Å². The Hall–Kier alpha value is -2.49. The van der Waals surface area contributed by atoms with Crippen LogP contribution in [0, 0.1) is 0 Å². The molecule has 0 atom stereocenters. The maximum Gasteiger partial charge on any atom is 0.248 e. The number of hydrogen-bond donors (Lipinski definition) is 2. The summed E-state index contributed by atoms with van der Waals surface area (Å²) in [6.07, 6.45) is 0. The van der Waals surface area contributed by atoms with Gasteiger partial charge in [-0.15, -0.1) is 0 Å². The van der Waals surface area contributed by atoms with Crippen molar-refractivity contribution in [3.63, 3.8) is 0 Å². The van der Waals surface area contributed by atoms with Crippen LogP contribution in [0.3, 0.4) is 0 Å². The topological polar surface area (TPSA) is 78.3 Å². The van der Waals surface area contributed by atoms with Gasteiger partial charge in [0.1, 0.15) is 12.4 Å². The molecule has 0 bridgehead atoms. The Kier molecular flexibility index (Phi) is 3.48. The smallest absolute Gasteiger partial charge is 0.248 e. The normalized spacial score (nSPS) is 10.0. The monoisotopic (exact) mass is 242 g/mol. The lowest BCUT2D eigenvalue weighted by Gasteiger charge is -2.09. The number of benzene rings is 2. The lowest BCUT2D eigenvalue weighted by Crippen LogP contribution is -2.11. The summed E-state index contributed by atoms with van der Waals surface area (Å²) in [5, 5.41) is 0. The van der Waals surface area contributed by atoms with Gasteiger partial charge in [-0.2, -0.15) is 0 Å². The van der Waals surface area contributed by atoms with Gasteiger partial charge in [0.05, 0.1) is 5.69 Å². The number of carbonyl (C=O) groups excluding carboxylic acids is 1. The van der Waals surface area contributed by atoms with Gasteiger partial charge in [0.2, 0.25) is 5.91 Å². The minimum Gasteiger partial charge on any atom is -0.487 e. The van der Waals surface area contributed by atoms with E-state index in [1.54, 1.807) is 12.1 Å². The highest BCUT2D eigenvalue weighted by Crippen LogP contribution is 2.23. The Morgan fingerprint density at radius 3 is 2.44 bits per heavy atom. The molecule has 0 spiro atoms. The highest BCUT2D eigenvalue weighted by molar-refractivity contribution is 5.94. The second-order valence-electron chi connectivity index (χ2n) is 3.89. The van der Waals surface area contributed by atoms with Crippen molar-refractivity contribution in [3.8, 4) is 5.75 Å². The quantitative estimate of drug-likeness (QED) is 0.804. The first-order valence-electron chi connectivity index (χ1n) is 5.53. The molecule has 1 amide bonds. The first kappa shape index (κ1) is 12.0. The molecule has 0 saturated carbocycles. The lowest BCUT2D eigenvalue weighted by molar-refractivity contribution is 0.100. The summed E-state index contributed by atoms with van der Waals surface area (Å²) >= 11 is 0. The molecule has 18 heavy (non-hydrogen) atoms. The van der Waals surface area contributed by atoms with Gasteiger partial charge >= 0.3 is 0 Å². The van der Waals surface area contributed by atoms with E-state index in [1.165, 1.54) is 6.07 Å². The van der Waals surface area contributed by atoms with Crippen LogP contribution in [0.5, 0.6) is 5.75 Å². The molecule has 0 aliphatic rings. The zero-order chi connectivity index (χ0) is 13.0. The highest BCUT2D eigenvalue weighted by Gasteiger charge is 2.05. The van der Waals surface area contributed by atoms with E-state index in [-0.39, 0.29) is 0 Å². The largest absolute Gasteiger partial charge is 0.487 e. The van der Waals surface area contributed by atoms with E-state index < -0.39 is 5.91 Å². The van der Waals surface area contributed by atoms with Crippen molar-refractivity contribution in [3.05, 3.63) is 59.7 Å². The maximum atomic E-state index is 11.0. The summed E-state index contributed by atoms with van der Waals surface area (Å²) in [5.41, 5.74) is 12.8. The molecule has 2 aromatic rings. The number of rotatable bonds is 4. The minimum atomic E-state index is -0.503. The fraction of sp³-hybridized carbons (Fsp3) is 0.0714. The average Bonchev–Trinajstić information content (AvgIpc) is 2.38. The summed E-state index contributed by atoms with van der Waals surface area (Å²) in [7, 11) is 0. The molecule has 0 aliphatic carbocycles. The molecule has 2 aromatic carbocycles. The third-order valence-corrected chi connectivity index (χ3v) is 2.53. The maximum absolute atomic E-state index is 11.0.